The third-order valence-corrected chi connectivity index (χ3v) is 4.82. The Balaban J connectivity index is 1.76. The van der Waals surface area contributed by atoms with E-state index >= 15 is 0 Å². The van der Waals surface area contributed by atoms with Crippen molar-refractivity contribution in [2.45, 2.75) is 25.3 Å². The van der Waals surface area contributed by atoms with Gasteiger partial charge in [-0.25, -0.2) is 8.42 Å². The van der Waals surface area contributed by atoms with Crippen molar-refractivity contribution in [2.24, 2.45) is 0 Å². The summed E-state index contributed by atoms with van der Waals surface area (Å²) in [5.41, 5.74) is 1.04. The van der Waals surface area contributed by atoms with Gasteiger partial charge in [0.05, 0.1) is 11.5 Å². The van der Waals surface area contributed by atoms with Crippen molar-refractivity contribution in [2.75, 3.05) is 18.1 Å². The molecular weight excluding hydrogens is 236 g/mol. The van der Waals surface area contributed by atoms with Crippen LogP contribution in [0.5, 0.6) is 0 Å². The number of nitrogens with one attached hydrogen (secondary N) is 1. The second-order valence-electron chi connectivity index (χ2n) is 4.48. The van der Waals surface area contributed by atoms with Gasteiger partial charge in [0.1, 0.15) is 0 Å². The Morgan fingerprint density at radius 3 is 3.00 bits per heavy atom. The van der Waals surface area contributed by atoms with E-state index in [9.17, 15) is 8.42 Å². The van der Waals surface area contributed by atoms with Crippen LogP contribution < -0.4 is 5.32 Å². The van der Waals surface area contributed by atoms with Crippen molar-refractivity contribution >= 4 is 9.84 Å². The molecule has 1 N–H and O–H groups in total. The fraction of sp³-hybridized carbons (Fsp3) is 0.583. The zero-order chi connectivity index (χ0) is 12.1. The Hall–Kier alpha value is -0.940. The standard InChI is InChI=1S/C12H18N2O2S/c15-17(16)9-3-5-12(10-17)14-8-6-11-4-1-2-7-13-11/h1-2,4,7,12,14H,3,5-6,8-10H2. The lowest BCUT2D eigenvalue weighted by molar-refractivity contribution is 0.482. The third-order valence-electron chi connectivity index (χ3n) is 3.00. The number of sulfone groups is 1. The predicted molar refractivity (Wildman–Crippen MR) is 67.6 cm³/mol. The summed E-state index contributed by atoms with van der Waals surface area (Å²) in [6.45, 7) is 0.789. The van der Waals surface area contributed by atoms with Gasteiger partial charge in [0, 0.05) is 30.9 Å². The average molecular weight is 254 g/mol. The van der Waals surface area contributed by atoms with Crippen LogP contribution in [0.4, 0.5) is 0 Å². The Labute approximate surface area is 102 Å². The number of hydrogen-bond acceptors (Lipinski definition) is 4. The molecule has 0 aromatic carbocycles. The zero-order valence-electron chi connectivity index (χ0n) is 9.80. The molecule has 17 heavy (non-hydrogen) atoms. The van der Waals surface area contributed by atoms with Crippen molar-refractivity contribution in [3.63, 3.8) is 0 Å². The molecule has 0 radical (unpaired) electrons. The van der Waals surface area contributed by atoms with Gasteiger partial charge in [0.25, 0.3) is 0 Å². The van der Waals surface area contributed by atoms with Crippen molar-refractivity contribution < 1.29 is 8.42 Å². The van der Waals surface area contributed by atoms with E-state index in [0.29, 0.717) is 5.75 Å². The molecule has 1 saturated heterocycles. The number of hydrogen-bond donors (Lipinski definition) is 1. The molecule has 0 bridgehead atoms. The summed E-state index contributed by atoms with van der Waals surface area (Å²) in [7, 11) is -2.81. The Morgan fingerprint density at radius 1 is 1.41 bits per heavy atom. The maximum Gasteiger partial charge on any atom is 0.151 e. The van der Waals surface area contributed by atoms with Gasteiger partial charge in [-0.2, -0.15) is 0 Å². The number of nitrogens with zero attached hydrogens (tertiary/aromatic N) is 1. The molecule has 1 aliphatic rings. The van der Waals surface area contributed by atoms with Crippen LogP contribution in [0.15, 0.2) is 24.4 Å². The summed E-state index contributed by atoms with van der Waals surface area (Å²) in [6.07, 6.45) is 4.36. The molecule has 2 heterocycles. The highest BCUT2D eigenvalue weighted by Crippen LogP contribution is 2.11. The van der Waals surface area contributed by atoms with Crippen LogP contribution >= 0.6 is 0 Å². The van der Waals surface area contributed by atoms with E-state index < -0.39 is 9.84 Å². The number of aromatic nitrogens is 1. The highest BCUT2D eigenvalue weighted by molar-refractivity contribution is 7.91. The predicted octanol–water partition coefficient (Wildman–Crippen LogP) is 0.791. The summed E-state index contributed by atoms with van der Waals surface area (Å²) in [6, 6.07) is 5.97. The van der Waals surface area contributed by atoms with E-state index in [1.165, 1.54) is 0 Å². The van der Waals surface area contributed by atoms with Crippen molar-refractivity contribution in [1.29, 1.82) is 0 Å². The third kappa shape index (κ3) is 4.09. The van der Waals surface area contributed by atoms with Gasteiger partial charge < -0.3 is 5.32 Å². The molecule has 2 rings (SSSR count). The largest absolute Gasteiger partial charge is 0.313 e. The highest BCUT2D eigenvalue weighted by Gasteiger charge is 2.23. The van der Waals surface area contributed by atoms with Crippen LogP contribution in [-0.2, 0) is 16.3 Å². The molecule has 5 heteroatoms. The first-order chi connectivity index (χ1) is 8.16. The molecule has 1 aromatic rings. The molecule has 1 unspecified atom stereocenters. The maximum absolute atomic E-state index is 11.4. The molecule has 1 fully saturated rings. The van der Waals surface area contributed by atoms with Crippen LogP contribution in [-0.4, -0.2) is 37.5 Å². The van der Waals surface area contributed by atoms with Crippen molar-refractivity contribution in [1.82, 2.24) is 10.3 Å². The van der Waals surface area contributed by atoms with Crippen LogP contribution in [0.2, 0.25) is 0 Å². The molecular formula is C12H18N2O2S. The van der Waals surface area contributed by atoms with Crippen molar-refractivity contribution in [3.8, 4) is 0 Å². The van der Waals surface area contributed by atoms with Gasteiger partial charge in [0.2, 0.25) is 0 Å². The molecule has 0 spiro atoms. The second-order valence-corrected chi connectivity index (χ2v) is 6.71. The molecule has 0 amide bonds. The van der Waals surface area contributed by atoms with E-state index in [-0.39, 0.29) is 11.8 Å². The zero-order valence-corrected chi connectivity index (χ0v) is 10.6. The minimum absolute atomic E-state index is 0.123. The van der Waals surface area contributed by atoms with E-state index in [1.807, 2.05) is 18.2 Å². The molecule has 4 nitrogen and oxygen atoms in total. The molecule has 1 aromatic heterocycles. The first-order valence-electron chi connectivity index (χ1n) is 5.99. The van der Waals surface area contributed by atoms with Crippen LogP contribution in [0.25, 0.3) is 0 Å². The molecule has 1 atom stereocenters. The van der Waals surface area contributed by atoms with Gasteiger partial charge in [0.15, 0.2) is 9.84 Å². The van der Waals surface area contributed by atoms with E-state index in [0.717, 1.165) is 31.5 Å². The van der Waals surface area contributed by atoms with Gasteiger partial charge in [-0.15, -0.1) is 0 Å². The monoisotopic (exact) mass is 254 g/mol. The van der Waals surface area contributed by atoms with Crippen LogP contribution in [0.3, 0.4) is 0 Å². The topological polar surface area (TPSA) is 59.1 Å². The summed E-state index contributed by atoms with van der Waals surface area (Å²) >= 11 is 0. The smallest absolute Gasteiger partial charge is 0.151 e. The lowest BCUT2D eigenvalue weighted by Crippen LogP contribution is -2.41. The van der Waals surface area contributed by atoms with Gasteiger partial charge in [-0.3, -0.25) is 4.98 Å². The van der Waals surface area contributed by atoms with E-state index in [1.54, 1.807) is 6.20 Å². The summed E-state index contributed by atoms with van der Waals surface area (Å²) in [4.78, 5) is 4.23. The number of pyridine rings is 1. The SMILES string of the molecule is O=S1(=O)CCCC(NCCc2ccccn2)C1. The van der Waals surface area contributed by atoms with Crippen LogP contribution in [0, 0.1) is 0 Å². The van der Waals surface area contributed by atoms with E-state index in [4.69, 9.17) is 0 Å². The first-order valence-corrected chi connectivity index (χ1v) is 7.81. The molecule has 0 aliphatic carbocycles. The van der Waals surface area contributed by atoms with Gasteiger partial charge in [-0.1, -0.05) is 6.07 Å². The molecule has 94 valence electrons. The Kier molecular flexibility index (Phi) is 4.12. The maximum atomic E-state index is 11.4. The quantitative estimate of drug-likeness (QED) is 0.863. The second kappa shape index (κ2) is 5.60. The fourth-order valence-corrected chi connectivity index (χ4v) is 3.80. The first kappa shape index (κ1) is 12.5. The molecule has 0 saturated carbocycles. The normalized spacial score (nSPS) is 23.4. The van der Waals surface area contributed by atoms with E-state index in [2.05, 4.69) is 10.3 Å². The van der Waals surface area contributed by atoms with Gasteiger partial charge in [-0.05, 0) is 25.0 Å². The highest BCUT2D eigenvalue weighted by atomic mass is 32.2. The summed E-state index contributed by atoms with van der Waals surface area (Å²) < 4.78 is 22.9. The fourth-order valence-electron chi connectivity index (χ4n) is 2.13. The molecule has 1 aliphatic heterocycles. The minimum atomic E-state index is -2.81. The minimum Gasteiger partial charge on any atom is -0.313 e. The average Bonchev–Trinajstić information content (AvgIpc) is 2.29. The Bertz CT molecular complexity index is 445. The van der Waals surface area contributed by atoms with Crippen LogP contribution in [0.1, 0.15) is 18.5 Å². The summed E-state index contributed by atoms with van der Waals surface area (Å²) in [5.74, 6) is 0.640. The number of rotatable bonds is 4. The summed E-state index contributed by atoms with van der Waals surface area (Å²) in [5, 5.41) is 3.31. The van der Waals surface area contributed by atoms with Crippen molar-refractivity contribution in [3.05, 3.63) is 30.1 Å². The lowest BCUT2D eigenvalue weighted by Gasteiger charge is -2.22. The van der Waals surface area contributed by atoms with Gasteiger partial charge >= 0.3 is 0 Å². The Morgan fingerprint density at radius 2 is 2.29 bits per heavy atom. The lowest BCUT2D eigenvalue weighted by atomic mass is 10.2.